The number of hydrogen-bond acceptors (Lipinski definition) is 4. The molecule has 2 aromatic carbocycles. The van der Waals surface area contributed by atoms with Crippen LogP contribution in [0.1, 0.15) is 10.5 Å². The molecule has 0 bridgehead atoms. The van der Waals surface area contributed by atoms with Crippen molar-refractivity contribution in [3.8, 4) is 11.3 Å². The van der Waals surface area contributed by atoms with E-state index in [0.29, 0.717) is 29.4 Å². The van der Waals surface area contributed by atoms with Crippen molar-refractivity contribution < 1.29 is 9.18 Å². The first-order chi connectivity index (χ1) is 13.7. The lowest BCUT2D eigenvalue weighted by molar-refractivity contribution is 0.0929. The number of aromatic nitrogens is 3. The first-order valence-electron chi connectivity index (χ1n) is 8.95. The van der Waals surface area contributed by atoms with Gasteiger partial charge in [-0.1, -0.05) is 18.2 Å². The van der Waals surface area contributed by atoms with Crippen LogP contribution in [0.25, 0.3) is 22.2 Å². The SMILES string of the molecule is O=C1NCCn2c1cc1ccc(Nc3nccc(-c4cccc(F)c4)n3)cc12. The standard InChI is InChI=1S/C21H16FN5O/c22-15-3-1-2-13(10-15)17-6-7-24-21(26-17)25-16-5-4-14-11-19-20(28)23-8-9-27(19)18(14)12-16/h1-7,10-12H,8-9H2,(H,23,28)(H,24,25,26). The Balaban J connectivity index is 1.49. The average molecular weight is 373 g/mol. The van der Waals surface area contributed by atoms with Crippen molar-refractivity contribution in [3.63, 3.8) is 0 Å². The maximum absolute atomic E-state index is 13.5. The lowest BCUT2D eigenvalue weighted by Gasteiger charge is -2.16. The smallest absolute Gasteiger partial charge is 0.268 e. The number of nitrogens with zero attached hydrogens (tertiary/aromatic N) is 3. The normalized spacial score (nSPS) is 13.2. The van der Waals surface area contributed by atoms with E-state index in [0.717, 1.165) is 23.1 Å². The predicted molar refractivity (Wildman–Crippen MR) is 105 cm³/mol. The van der Waals surface area contributed by atoms with Gasteiger partial charge in [0.25, 0.3) is 5.91 Å². The van der Waals surface area contributed by atoms with Crippen LogP contribution in [0.15, 0.2) is 60.8 Å². The van der Waals surface area contributed by atoms with Crippen molar-refractivity contribution in [2.24, 2.45) is 0 Å². The van der Waals surface area contributed by atoms with E-state index in [4.69, 9.17) is 0 Å². The van der Waals surface area contributed by atoms with Crippen molar-refractivity contribution in [1.29, 1.82) is 0 Å². The van der Waals surface area contributed by atoms with Crippen LogP contribution in [-0.2, 0) is 6.54 Å². The zero-order valence-electron chi connectivity index (χ0n) is 14.8. The van der Waals surface area contributed by atoms with Crippen LogP contribution in [0.5, 0.6) is 0 Å². The predicted octanol–water partition coefficient (Wildman–Crippen LogP) is 3.72. The van der Waals surface area contributed by atoms with E-state index in [2.05, 4.69) is 20.6 Å². The number of fused-ring (bicyclic) bond motifs is 3. The van der Waals surface area contributed by atoms with Gasteiger partial charge in [-0.15, -0.1) is 0 Å². The molecule has 0 aliphatic carbocycles. The van der Waals surface area contributed by atoms with Gasteiger partial charge in [-0.05, 0) is 36.4 Å². The first-order valence-corrected chi connectivity index (χ1v) is 8.95. The Bertz CT molecular complexity index is 1220. The second kappa shape index (κ2) is 6.45. The van der Waals surface area contributed by atoms with Gasteiger partial charge in [0.1, 0.15) is 11.5 Å². The third kappa shape index (κ3) is 2.87. The number of amides is 1. The zero-order chi connectivity index (χ0) is 19.1. The van der Waals surface area contributed by atoms with Crippen molar-refractivity contribution in [1.82, 2.24) is 19.9 Å². The number of anilines is 2. The third-order valence-electron chi connectivity index (χ3n) is 4.79. The van der Waals surface area contributed by atoms with Crippen molar-refractivity contribution in [3.05, 3.63) is 72.3 Å². The van der Waals surface area contributed by atoms with Gasteiger partial charge in [0.15, 0.2) is 0 Å². The summed E-state index contributed by atoms with van der Waals surface area (Å²) in [5, 5.41) is 7.06. The minimum Gasteiger partial charge on any atom is -0.349 e. The minimum absolute atomic E-state index is 0.0527. The van der Waals surface area contributed by atoms with Gasteiger partial charge in [0.2, 0.25) is 5.95 Å². The van der Waals surface area contributed by atoms with Gasteiger partial charge in [0, 0.05) is 35.9 Å². The van der Waals surface area contributed by atoms with E-state index < -0.39 is 0 Å². The number of hydrogen-bond donors (Lipinski definition) is 2. The summed E-state index contributed by atoms with van der Waals surface area (Å²) in [6, 6.07) is 15.8. The number of rotatable bonds is 3. The fourth-order valence-electron chi connectivity index (χ4n) is 3.49. The van der Waals surface area contributed by atoms with Crippen LogP contribution >= 0.6 is 0 Å². The maximum atomic E-state index is 13.5. The fourth-order valence-corrected chi connectivity index (χ4v) is 3.49. The zero-order valence-corrected chi connectivity index (χ0v) is 14.8. The van der Waals surface area contributed by atoms with Crippen LogP contribution in [0.3, 0.4) is 0 Å². The molecule has 1 aliphatic heterocycles. The van der Waals surface area contributed by atoms with E-state index in [1.54, 1.807) is 24.4 Å². The van der Waals surface area contributed by atoms with Gasteiger partial charge < -0.3 is 15.2 Å². The lowest BCUT2D eigenvalue weighted by Crippen LogP contribution is -2.34. The van der Waals surface area contributed by atoms with E-state index in [1.165, 1.54) is 12.1 Å². The Morgan fingerprint density at radius 1 is 1.11 bits per heavy atom. The molecule has 0 spiro atoms. The summed E-state index contributed by atoms with van der Waals surface area (Å²) >= 11 is 0. The Morgan fingerprint density at radius 3 is 2.93 bits per heavy atom. The Hall–Kier alpha value is -3.74. The largest absolute Gasteiger partial charge is 0.349 e. The topological polar surface area (TPSA) is 71.8 Å². The summed E-state index contributed by atoms with van der Waals surface area (Å²) in [4.78, 5) is 20.8. The highest BCUT2D eigenvalue weighted by Gasteiger charge is 2.19. The van der Waals surface area contributed by atoms with Gasteiger partial charge >= 0.3 is 0 Å². The van der Waals surface area contributed by atoms with E-state index >= 15 is 0 Å². The number of carbonyl (C=O) groups is 1. The van der Waals surface area contributed by atoms with Gasteiger partial charge in [-0.3, -0.25) is 4.79 Å². The highest BCUT2D eigenvalue weighted by molar-refractivity contribution is 6.00. The lowest BCUT2D eigenvalue weighted by atomic mass is 10.1. The molecule has 0 saturated carbocycles. The molecule has 3 heterocycles. The Kier molecular flexibility index (Phi) is 3.79. The molecule has 28 heavy (non-hydrogen) atoms. The summed E-state index contributed by atoms with van der Waals surface area (Å²) in [6.07, 6.45) is 1.64. The molecular weight excluding hydrogens is 357 g/mol. The van der Waals surface area contributed by atoms with E-state index in [-0.39, 0.29) is 11.7 Å². The molecule has 2 N–H and O–H groups in total. The van der Waals surface area contributed by atoms with Crippen LogP contribution in [-0.4, -0.2) is 27.0 Å². The van der Waals surface area contributed by atoms with Gasteiger partial charge in [0.05, 0.1) is 11.2 Å². The summed E-state index contributed by atoms with van der Waals surface area (Å²) in [5.41, 5.74) is 3.79. The molecule has 1 aliphatic rings. The van der Waals surface area contributed by atoms with Crippen molar-refractivity contribution in [2.45, 2.75) is 6.54 Å². The molecule has 0 radical (unpaired) electrons. The van der Waals surface area contributed by atoms with Crippen LogP contribution in [0.2, 0.25) is 0 Å². The number of nitrogens with one attached hydrogen (secondary N) is 2. The molecule has 0 fully saturated rings. The van der Waals surface area contributed by atoms with Gasteiger partial charge in [-0.25, -0.2) is 14.4 Å². The highest BCUT2D eigenvalue weighted by atomic mass is 19.1. The molecule has 0 unspecified atom stereocenters. The molecule has 138 valence electrons. The Labute approximate surface area is 160 Å². The summed E-state index contributed by atoms with van der Waals surface area (Å²) < 4.78 is 15.5. The van der Waals surface area contributed by atoms with E-state index in [9.17, 15) is 9.18 Å². The molecular formula is C21H16FN5O. The summed E-state index contributed by atoms with van der Waals surface area (Å²) in [6.45, 7) is 1.35. The molecule has 2 aromatic heterocycles. The first kappa shape index (κ1) is 16.4. The number of carbonyl (C=O) groups excluding carboxylic acids is 1. The molecule has 4 aromatic rings. The van der Waals surface area contributed by atoms with Crippen molar-refractivity contribution in [2.75, 3.05) is 11.9 Å². The second-order valence-electron chi connectivity index (χ2n) is 6.61. The molecule has 5 rings (SSSR count). The van der Waals surface area contributed by atoms with Crippen molar-refractivity contribution >= 4 is 28.4 Å². The number of halogens is 1. The van der Waals surface area contributed by atoms with Gasteiger partial charge in [-0.2, -0.15) is 0 Å². The molecule has 1 amide bonds. The molecule has 0 atom stereocenters. The average Bonchev–Trinajstić information content (AvgIpc) is 3.08. The van der Waals surface area contributed by atoms with Crippen LogP contribution < -0.4 is 10.6 Å². The quantitative estimate of drug-likeness (QED) is 0.574. The Morgan fingerprint density at radius 2 is 2.04 bits per heavy atom. The monoisotopic (exact) mass is 373 g/mol. The summed E-state index contributed by atoms with van der Waals surface area (Å²) in [5.74, 6) is 0.0606. The fraction of sp³-hybridized carbons (Fsp3) is 0.0952. The molecule has 6 nitrogen and oxygen atoms in total. The molecule has 0 saturated heterocycles. The maximum Gasteiger partial charge on any atom is 0.268 e. The minimum atomic E-state index is -0.307. The second-order valence-corrected chi connectivity index (χ2v) is 6.61. The van der Waals surface area contributed by atoms with Crippen LogP contribution in [0, 0.1) is 5.82 Å². The molecule has 7 heteroatoms. The summed E-state index contributed by atoms with van der Waals surface area (Å²) in [7, 11) is 0. The van der Waals surface area contributed by atoms with Crippen LogP contribution in [0.4, 0.5) is 16.0 Å². The third-order valence-corrected chi connectivity index (χ3v) is 4.79. The van der Waals surface area contributed by atoms with E-state index in [1.807, 2.05) is 28.8 Å². The highest BCUT2D eigenvalue weighted by Crippen LogP contribution is 2.26. The number of benzene rings is 2.